The highest BCUT2D eigenvalue weighted by molar-refractivity contribution is 5.92. The molecule has 0 unspecified atom stereocenters. The molecule has 24 heavy (non-hydrogen) atoms. The van der Waals surface area contributed by atoms with Crippen LogP contribution in [0.15, 0.2) is 36.4 Å². The van der Waals surface area contributed by atoms with E-state index < -0.39 is 5.97 Å². The summed E-state index contributed by atoms with van der Waals surface area (Å²) in [5.41, 5.74) is 2.50. The predicted molar refractivity (Wildman–Crippen MR) is 91.2 cm³/mol. The Morgan fingerprint density at radius 1 is 0.958 bits per heavy atom. The summed E-state index contributed by atoms with van der Waals surface area (Å²) in [6.45, 7) is 4.66. The van der Waals surface area contributed by atoms with E-state index >= 15 is 0 Å². The van der Waals surface area contributed by atoms with Crippen molar-refractivity contribution in [2.75, 3.05) is 27.4 Å². The van der Waals surface area contributed by atoms with E-state index in [1.165, 1.54) is 7.11 Å². The smallest absolute Gasteiger partial charge is 0.341 e. The van der Waals surface area contributed by atoms with E-state index in [1.807, 2.05) is 32.0 Å². The van der Waals surface area contributed by atoms with Gasteiger partial charge in [0.05, 0.1) is 14.2 Å². The zero-order valence-electron chi connectivity index (χ0n) is 14.4. The van der Waals surface area contributed by atoms with Crippen molar-refractivity contribution in [1.29, 1.82) is 0 Å². The van der Waals surface area contributed by atoms with Crippen molar-refractivity contribution in [2.45, 2.75) is 13.8 Å². The SMILES string of the molecule is COC(=O)c1ccc(OC)cc1OCCOc1c(C)cccc1C. The zero-order valence-corrected chi connectivity index (χ0v) is 14.4. The highest BCUT2D eigenvalue weighted by Crippen LogP contribution is 2.26. The van der Waals surface area contributed by atoms with Crippen LogP contribution in [0.4, 0.5) is 0 Å². The van der Waals surface area contributed by atoms with Gasteiger partial charge in [-0.3, -0.25) is 0 Å². The molecule has 0 saturated heterocycles. The Labute approximate surface area is 142 Å². The molecule has 0 aromatic heterocycles. The minimum Gasteiger partial charge on any atom is -0.497 e. The number of esters is 1. The van der Waals surface area contributed by atoms with Crippen molar-refractivity contribution in [1.82, 2.24) is 0 Å². The maximum absolute atomic E-state index is 11.8. The van der Waals surface area contributed by atoms with Crippen molar-refractivity contribution >= 4 is 5.97 Å². The summed E-state index contributed by atoms with van der Waals surface area (Å²) in [6, 6.07) is 11.0. The number of aryl methyl sites for hydroxylation is 2. The number of benzene rings is 2. The Morgan fingerprint density at radius 3 is 2.25 bits per heavy atom. The number of carbonyl (C=O) groups is 1. The number of hydrogen-bond acceptors (Lipinski definition) is 5. The van der Waals surface area contributed by atoms with E-state index in [0.717, 1.165) is 16.9 Å². The lowest BCUT2D eigenvalue weighted by Crippen LogP contribution is -2.13. The molecular formula is C19H22O5. The van der Waals surface area contributed by atoms with Crippen LogP contribution in [0.5, 0.6) is 17.2 Å². The lowest BCUT2D eigenvalue weighted by atomic mass is 10.1. The molecule has 0 fully saturated rings. The molecule has 128 valence electrons. The van der Waals surface area contributed by atoms with Crippen molar-refractivity contribution in [3.8, 4) is 17.2 Å². The lowest BCUT2D eigenvalue weighted by molar-refractivity contribution is 0.0595. The minimum absolute atomic E-state index is 0.297. The van der Waals surface area contributed by atoms with Gasteiger partial charge in [0.15, 0.2) is 0 Å². The second kappa shape index (κ2) is 8.24. The Bertz CT molecular complexity index is 689. The van der Waals surface area contributed by atoms with Gasteiger partial charge in [-0.25, -0.2) is 4.79 Å². The second-order valence-electron chi connectivity index (χ2n) is 5.27. The Morgan fingerprint density at radius 2 is 1.62 bits per heavy atom. The van der Waals surface area contributed by atoms with Gasteiger partial charge in [-0.15, -0.1) is 0 Å². The van der Waals surface area contributed by atoms with E-state index in [2.05, 4.69) is 0 Å². The molecule has 0 radical (unpaired) electrons. The summed E-state index contributed by atoms with van der Waals surface area (Å²) in [4.78, 5) is 11.8. The van der Waals surface area contributed by atoms with E-state index in [1.54, 1.807) is 25.3 Å². The van der Waals surface area contributed by atoms with Gasteiger partial charge in [0.25, 0.3) is 0 Å². The summed E-state index contributed by atoms with van der Waals surface area (Å²) >= 11 is 0. The van der Waals surface area contributed by atoms with E-state index in [4.69, 9.17) is 18.9 Å². The molecule has 0 bridgehead atoms. The molecule has 0 amide bonds. The molecular weight excluding hydrogens is 308 g/mol. The molecule has 5 heteroatoms. The van der Waals surface area contributed by atoms with Crippen molar-refractivity contribution < 1.29 is 23.7 Å². The standard InChI is InChI=1S/C19H22O5/c1-13-6-5-7-14(2)18(13)24-11-10-23-17-12-15(21-3)8-9-16(17)19(20)22-4/h5-9,12H,10-11H2,1-4H3. The molecule has 0 spiro atoms. The van der Waals surface area contributed by atoms with Crippen molar-refractivity contribution in [3.05, 3.63) is 53.1 Å². The van der Waals surface area contributed by atoms with Crippen molar-refractivity contribution in [3.63, 3.8) is 0 Å². The number of methoxy groups -OCH3 is 2. The Kier molecular flexibility index (Phi) is 6.07. The lowest BCUT2D eigenvalue weighted by Gasteiger charge is -2.14. The topological polar surface area (TPSA) is 54.0 Å². The molecule has 5 nitrogen and oxygen atoms in total. The first kappa shape index (κ1) is 17.7. The van der Waals surface area contributed by atoms with Crippen LogP contribution in [-0.2, 0) is 4.74 Å². The first-order valence-electron chi connectivity index (χ1n) is 7.65. The maximum Gasteiger partial charge on any atom is 0.341 e. The molecule has 0 saturated carbocycles. The summed E-state index contributed by atoms with van der Waals surface area (Å²) in [7, 11) is 2.89. The van der Waals surface area contributed by atoms with Crippen LogP contribution >= 0.6 is 0 Å². The molecule has 2 aromatic rings. The van der Waals surface area contributed by atoms with Gasteiger partial charge >= 0.3 is 5.97 Å². The molecule has 0 N–H and O–H groups in total. The Hall–Kier alpha value is -2.69. The Balaban J connectivity index is 2.02. The summed E-state index contributed by atoms with van der Waals surface area (Å²) in [6.07, 6.45) is 0. The molecule has 0 heterocycles. The molecule has 2 aromatic carbocycles. The third kappa shape index (κ3) is 4.19. The summed E-state index contributed by atoms with van der Waals surface area (Å²) in [5, 5.41) is 0. The van der Waals surface area contributed by atoms with Gasteiger partial charge in [0, 0.05) is 6.07 Å². The highest BCUT2D eigenvalue weighted by Gasteiger charge is 2.14. The fourth-order valence-electron chi connectivity index (χ4n) is 2.35. The molecule has 0 aliphatic heterocycles. The number of para-hydroxylation sites is 1. The summed E-state index contributed by atoms with van der Waals surface area (Å²) < 4.78 is 21.4. The van der Waals surface area contributed by atoms with E-state index in [9.17, 15) is 4.79 Å². The normalized spacial score (nSPS) is 10.2. The van der Waals surface area contributed by atoms with Gasteiger partial charge in [0.2, 0.25) is 0 Å². The molecule has 0 atom stereocenters. The molecule has 0 aliphatic rings. The fraction of sp³-hybridized carbons (Fsp3) is 0.316. The number of carbonyl (C=O) groups excluding carboxylic acids is 1. The van der Waals surface area contributed by atoms with Gasteiger partial charge < -0.3 is 18.9 Å². The van der Waals surface area contributed by atoms with Crippen LogP contribution in [0.3, 0.4) is 0 Å². The molecule has 2 rings (SSSR count). The van der Waals surface area contributed by atoms with E-state index in [-0.39, 0.29) is 0 Å². The van der Waals surface area contributed by atoms with Gasteiger partial charge in [0.1, 0.15) is 36.0 Å². The van der Waals surface area contributed by atoms with Crippen LogP contribution in [0.1, 0.15) is 21.5 Å². The highest BCUT2D eigenvalue weighted by atomic mass is 16.5. The predicted octanol–water partition coefficient (Wildman–Crippen LogP) is 3.56. The van der Waals surface area contributed by atoms with Gasteiger partial charge in [-0.1, -0.05) is 18.2 Å². The van der Waals surface area contributed by atoms with Gasteiger partial charge in [-0.05, 0) is 37.1 Å². The van der Waals surface area contributed by atoms with Crippen molar-refractivity contribution in [2.24, 2.45) is 0 Å². The van der Waals surface area contributed by atoms with Gasteiger partial charge in [-0.2, -0.15) is 0 Å². The first-order chi connectivity index (χ1) is 11.6. The third-order valence-corrected chi connectivity index (χ3v) is 3.59. The van der Waals surface area contributed by atoms with Crippen LogP contribution in [-0.4, -0.2) is 33.4 Å². The number of rotatable bonds is 7. The second-order valence-corrected chi connectivity index (χ2v) is 5.27. The fourth-order valence-corrected chi connectivity index (χ4v) is 2.35. The zero-order chi connectivity index (χ0) is 17.5. The quantitative estimate of drug-likeness (QED) is 0.574. The summed E-state index contributed by atoms with van der Waals surface area (Å²) in [5.74, 6) is 1.42. The van der Waals surface area contributed by atoms with Crippen LogP contribution < -0.4 is 14.2 Å². The largest absolute Gasteiger partial charge is 0.497 e. The number of hydrogen-bond donors (Lipinski definition) is 0. The monoisotopic (exact) mass is 330 g/mol. The maximum atomic E-state index is 11.8. The third-order valence-electron chi connectivity index (χ3n) is 3.59. The van der Waals surface area contributed by atoms with E-state index in [0.29, 0.717) is 30.3 Å². The average molecular weight is 330 g/mol. The van der Waals surface area contributed by atoms with Crippen LogP contribution in [0.2, 0.25) is 0 Å². The van der Waals surface area contributed by atoms with Crippen LogP contribution in [0.25, 0.3) is 0 Å². The van der Waals surface area contributed by atoms with Crippen LogP contribution in [0, 0.1) is 13.8 Å². The molecule has 0 aliphatic carbocycles. The number of ether oxygens (including phenoxy) is 4. The average Bonchev–Trinajstić information content (AvgIpc) is 2.59. The first-order valence-corrected chi connectivity index (χ1v) is 7.65. The minimum atomic E-state index is -0.455.